The molecule has 4 atom stereocenters. The van der Waals surface area contributed by atoms with Crippen molar-refractivity contribution in [2.45, 2.75) is 64.8 Å². The number of ether oxygens (including phenoxy) is 1. The minimum atomic E-state index is -0.518. The summed E-state index contributed by atoms with van der Waals surface area (Å²) in [6, 6.07) is 0. The standard InChI is InChI=1S/C19H30N2O4/c1-4-21(5-2)16(23)11-25-17(24)18-7-14-6-15(8-18)10-19(9-14,12-18)20-13(3)22/h14-15H,4-12H2,1-3H3,(H,20,22)/t14-,15+,18?,19?. The third-order valence-electron chi connectivity index (χ3n) is 6.38. The van der Waals surface area contributed by atoms with Crippen molar-refractivity contribution >= 4 is 17.8 Å². The van der Waals surface area contributed by atoms with Crippen molar-refractivity contribution in [1.82, 2.24) is 10.2 Å². The van der Waals surface area contributed by atoms with Crippen LogP contribution in [-0.2, 0) is 19.1 Å². The molecule has 4 aliphatic carbocycles. The molecule has 6 nitrogen and oxygen atoms in total. The number of likely N-dealkylation sites (N-methyl/N-ethyl adjacent to an activating group) is 1. The zero-order valence-electron chi connectivity index (χ0n) is 15.6. The van der Waals surface area contributed by atoms with Crippen LogP contribution in [0.1, 0.15) is 59.3 Å². The van der Waals surface area contributed by atoms with Gasteiger partial charge in [-0.15, -0.1) is 0 Å². The van der Waals surface area contributed by atoms with E-state index in [0.29, 0.717) is 31.3 Å². The molecule has 25 heavy (non-hydrogen) atoms. The fourth-order valence-electron chi connectivity index (χ4n) is 5.97. The summed E-state index contributed by atoms with van der Waals surface area (Å²) >= 11 is 0. The molecule has 4 saturated carbocycles. The summed E-state index contributed by atoms with van der Waals surface area (Å²) in [7, 11) is 0. The van der Waals surface area contributed by atoms with Crippen molar-refractivity contribution in [2.75, 3.05) is 19.7 Å². The molecule has 0 heterocycles. The van der Waals surface area contributed by atoms with Crippen molar-refractivity contribution in [3.63, 3.8) is 0 Å². The Bertz CT molecular complexity index is 556. The fraction of sp³-hybridized carbons (Fsp3) is 0.842. The number of carbonyl (C=O) groups excluding carboxylic acids is 3. The molecule has 4 bridgehead atoms. The van der Waals surface area contributed by atoms with Gasteiger partial charge in [0.25, 0.3) is 5.91 Å². The van der Waals surface area contributed by atoms with Crippen molar-refractivity contribution in [1.29, 1.82) is 0 Å². The SMILES string of the molecule is CCN(CC)C(=O)COC(=O)C12C[C@@H]3C[C@@H](CC(NC(C)=O)(C3)C1)C2. The zero-order chi connectivity index (χ0) is 18.2. The van der Waals surface area contributed by atoms with E-state index in [9.17, 15) is 14.4 Å². The molecule has 2 unspecified atom stereocenters. The van der Waals surface area contributed by atoms with E-state index in [2.05, 4.69) is 5.32 Å². The first-order chi connectivity index (χ1) is 11.8. The van der Waals surface area contributed by atoms with Gasteiger partial charge in [-0.05, 0) is 64.2 Å². The minimum Gasteiger partial charge on any atom is -0.455 e. The molecule has 0 aromatic rings. The van der Waals surface area contributed by atoms with Gasteiger partial charge in [-0.25, -0.2) is 0 Å². The molecule has 140 valence electrons. The second-order valence-corrected chi connectivity index (χ2v) is 8.35. The van der Waals surface area contributed by atoms with Gasteiger partial charge in [0.1, 0.15) is 0 Å². The van der Waals surface area contributed by atoms with Gasteiger partial charge in [-0.2, -0.15) is 0 Å². The van der Waals surface area contributed by atoms with Gasteiger partial charge in [-0.1, -0.05) is 0 Å². The Labute approximate surface area is 149 Å². The molecule has 6 heteroatoms. The van der Waals surface area contributed by atoms with Crippen molar-refractivity contribution in [2.24, 2.45) is 17.3 Å². The summed E-state index contributed by atoms with van der Waals surface area (Å²) < 4.78 is 5.48. The smallest absolute Gasteiger partial charge is 0.312 e. The molecular weight excluding hydrogens is 320 g/mol. The van der Waals surface area contributed by atoms with Crippen LogP contribution in [0.2, 0.25) is 0 Å². The molecule has 0 aliphatic heterocycles. The van der Waals surface area contributed by atoms with Crippen LogP contribution in [0.25, 0.3) is 0 Å². The van der Waals surface area contributed by atoms with Crippen LogP contribution in [0.15, 0.2) is 0 Å². The minimum absolute atomic E-state index is 0.0258. The van der Waals surface area contributed by atoms with Gasteiger partial charge in [0.2, 0.25) is 5.91 Å². The van der Waals surface area contributed by atoms with Crippen molar-refractivity contribution < 1.29 is 19.1 Å². The van der Waals surface area contributed by atoms with E-state index in [-0.39, 0.29) is 29.9 Å². The Morgan fingerprint density at radius 3 is 2.20 bits per heavy atom. The number of amides is 2. The van der Waals surface area contributed by atoms with Crippen LogP contribution in [-0.4, -0.2) is 47.9 Å². The van der Waals surface area contributed by atoms with Crippen LogP contribution in [0.5, 0.6) is 0 Å². The van der Waals surface area contributed by atoms with Crippen molar-refractivity contribution in [3.05, 3.63) is 0 Å². The molecule has 0 radical (unpaired) electrons. The molecule has 0 aromatic heterocycles. The van der Waals surface area contributed by atoms with E-state index in [4.69, 9.17) is 4.74 Å². The predicted octanol–water partition coefficient (Wildman–Crippen LogP) is 1.87. The second-order valence-electron chi connectivity index (χ2n) is 8.35. The molecular formula is C19H30N2O4. The summed E-state index contributed by atoms with van der Waals surface area (Å²) in [5.74, 6) is 0.539. The third kappa shape index (κ3) is 3.40. The van der Waals surface area contributed by atoms with Crippen LogP contribution in [0, 0.1) is 17.3 Å². The lowest BCUT2D eigenvalue weighted by Gasteiger charge is -2.60. The monoisotopic (exact) mass is 350 g/mol. The van der Waals surface area contributed by atoms with Gasteiger partial charge < -0.3 is 15.0 Å². The molecule has 2 amide bonds. The van der Waals surface area contributed by atoms with Crippen LogP contribution < -0.4 is 5.32 Å². The highest BCUT2D eigenvalue weighted by atomic mass is 16.5. The van der Waals surface area contributed by atoms with Gasteiger partial charge in [0.05, 0.1) is 5.41 Å². The Morgan fingerprint density at radius 1 is 1.08 bits per heavy atom. The molecule has 4 rings (SSSR count). The van der Waals surface area contributed by atoms with Crippen LogP contribution in [0.3, 0.4) is 0 Å². The predicted molar refractivity (Wildman–Crippen MR) is 92.5 cm³/mol. The first kappa shape index (κ1) is 18.2. The van der Waals surface area contributed by atoms with Gasteiger partial charge in [0, 0.05) is 25.6 Å². The summed E-state index contributed by atoms with van der Waals surface area (Å²) in [5.41, 5.74) is -0.770. The van der Waals surface area contributed by atoms with E-state index < -0.39 is 5.41 Å². The quantitative estimate of drug-likeness (QED) is 0.742. The lowest BCUT2D eigenvalue weighted by Crippen LogP contribution is -2.64. The number of esters is 1. The first-order valence-electron chi connectivity index (χ1n) is 9.55. The fourth-order valence-corrected chi connectivity index (χ4v) is 5.97. The van der Waals surface area contributed by atoms with Crippen LogP contribution >= 0.6 is 0 Å². The Morgan fingerprint density at radius 2 is 1.68 bits per heavy atom. The number of nitrogens with one attached hydrogen (secondary N) is 1. The molecule has 1 N–H and O–H groups in total. The molecule has 0 aromatic carbocycles. The molecule has 4 fully saturated rings. The Kier molecular flexibility index (Phi) is 4.82. The maximum Gasteiger partial charge on any atom is 0.312 e. The maximum atomic E-state index is 12.9. The second kappa shape index (κ2) is 6.61. The topological polar surface area (TPSA) is 75.7 Å². The van der Waals surface area contributed by atoms with Crippen LogP contribution in [0.4, 0.5) is 0 Å². The highest BCUT2D eigenvalue weighted by Crippen LogP contribution is 2.62. The molecule has 0 spiro atoms. The highest BCUT2D eigenvalue weighted by Gasteiger charge is 2.61. The highest BCUT2D eigenvalue weighted by molar-refractivity contribution is 5.83. The number of hydrogen-bond donors (Lipinski definition) is 1. The van der Waals surface area contributed by atoms with E-state index in [0.717, 1.165) is 32.1 Å². The summed E-state index contributed by atoms with van der Waals surface area (Å²) in [5, 5.41) is 3.15. The average Bonchev–Trinajstić information content (AvgIpc) is 2.51. The molecule has 0 saturated heterocycles. The number of hydrogen-bond acceptors (Lipinski definition) is 4. The zero-order valence-corrected chi connectivity index (χ0v) is 15.6. The largest absolute Gasteiger partial charge is 0.455 e. The first-order valence-corrected chi connectivity index (χ1v) is 9.55. The van der Waals surface area contributed by atoms with E-state index in [1.807, 2.05) is 13.8 Å². The van der Waals surface area contributed by atoms with Gasteiger partial charge in [-0.3, -0.25) is 14.4 Å². The summed E-state index contributed by atoms with van der Waals surface area (Å²) in [4.78, 5) is 38.4. The average molecular weight is 350 g/mol. The lowest BCUT2D eigenvalue weighted by atomic mass is 9.47. The van der Waals surface area contributed by atoms with E-state index in [1.54, 1.807) is 11.8 Å². The molecule has 4 aliphatic rings. The van der Waals surface area contributed by atoms with E-state index >= 15 is 0 Å². The summed E-state index contributed by atoms with van der Waals surface area (Å²) in [6.45, 7) is 6.44. The van der Waals surface area contributed by atoms with Gasteiger partial charge >= 0.3 is 5.97 Å². The maximum absolute atomic E-state index is 12.9. The summed E-state index contributed by atoms with van der Waals surface area (Å²) in [6.07, 6.45) is 5.42. The Hall–Kier alpha value is -1.59. The normalized spacial score (nSPS) is 35.3. The number of nitrogens with zero attached hydrogens (tertiary/aromatic N) is 1. The van der Waals surface area contributed by atoms with Crippen molar-refractivity contribution in [3.8, 4) is 0 Å². The lowest BCUT2D eigenvalue weighted by molar-refractivity contribution is -0.178. The number of carbonyl (C=O) groups is 3. The van der Waals surface area contributed by atoms with Gasteiger partial charge in [0.15, 0.2) is 6.61 Å². The number of rotatable bonds is 6. The third-order valence-corrected chi connectivity index (χ3v) is 6.38. The Balaban J connectivity index is 1.69. The van der Waals surface area contributed by atoms with E-state index in [1.165, 1.54) is 0 Å².